The normalized spacial score (nSPS) is 12.9. The van der Waals surface area contributed by atoms with Crippen molar-refractivity contribution >= 4 is 5.97 Å². The van der Waals surface area contributed by atoms with Crippen LogP contribution < -0.4 is 9.47 Å². The Morgan fingerprint density at radius 1 is 1.56 bits per heavy atom. The summed E-state index contributed by atoms with van der Waals surface area (Å²) in [6.07, 6.45) is 1.64. The van der Waals surface area contributed by atoms with Crippen LogP contribution in [-0.2, 0) is 11.3 Å². The van der Waals surface area contributed by atoms with E-state index in [1.807, 2.05) is 0 Å². The van der Waals surface area contributed by atoms with Crippen molar-refractivity contribution < 1.29 is 19.0 Å². The Morgan fingerprint density at radius 3 is 3.06 bits per heavy atom. The molecule has 0 saturated carbocycles. The van der Waals surface area contributed by atoms with Gasteiger partial charge in [0.1, 0.15) is 24.7 Å². The molecule has 0 fully saturated rings. The third kappa shape index (κ3) is 1.74. The van der Waals surface area contributed by atoms with Gasteiger partial charge in [-0.2, -0.15) is 0 Å². The van der Waals surface area contributed by atoms with E-state index >= 15 is 0 Å². The van der Waals surface area contributed by atoms with E-state index < -0.39 is 0 Å². The maximum atomic E-state index is 11.4. The van der Waals surface area contributed by atoms with Crippen LogP contribution in [0.2, 0.25) is 0 Å². The van der Waals surface area contributed by atoms with E-state index in [2.05, 4.69) is 6.58 Å². The van der Waals surface area contributed by atoms with Gasteiger partial charge in [0.15, 0.2) is 0 Å². The van der Waals surface area contributed by atoms with Crippen molar-refractivity contribution in [3.05, 3.63) is 35.9 Å². The van der Waals surface area contributed by atoms with Gasteiger partial charge in [-0.05, 0) is 6.07 Å². The van der Waals surface area contributed by atoms with Crippen molar-refractivity contribution in [2.75, 3.05) is 13.7 Å². The number of hydrogen-bond donors (Lipinski definition) is 0. The Labute approximate surface area is 93.4 Å². The smallest absolute Gasteiger partial charge is 0.339 e. The summed E-state index contributed by atoms with van der Waals surface area (Å²) in [5.41, 5.74) is 1.28. The van der Waals surface area contributed by atoms with Crippen LogP contribution in [0.4, 0.5) is 0 Å². The standard InChI is InChI=1S/C12H12O4/c1-3-4-15-11-6-8(14-2)5-9-10(11)7-16-12(9)13/h3,5-6H,1,4,7H2,2H3. The first-order chi connectivity index (χ1) is 7.76. The summed E-state index contributed by atoms with van der Waals surface area (Å²) in [6.45, 7) is 4.21. The topological polar surface area (TPSA) is 44.8 Å². The SMILES string of the molecule is C=CCOc1cc(OC)cc2c1COC2=O. The van der Waals surface area contributed by atoms with E-state index in [1.165, 1.54) is 0 Å². The molecule has 0 bridgehead atoms. The number of hydrogen-bond acceptors (Lipinski definition) is 4. The molecule has 4 heteroatoms. The highest BCUT2D eigenvalue weighted by Gasteiger charge is 2.26. The molecule has 0 N–H and O–H groups in total. The molecule has 0 saturated heterocycles. The zero-order valence-electron chi connectivity index (χ0n) is 8.99. The van der Waals surface area contributed by atoms with Gasteiger partial charge in [0.2, 0.25) is 0 Å². The van der Waals surface area contributed by atoms with Gasteiger partial charge in [-0.3, -0.25) is 0 Å². The van der Waals surface area contributed by atoms with E-state index in [0.29, 0.717) is 23.7 Å². The molecule has 1 aromatic carbocycles. The molecule has 84 valence electrons. The molecule has 1 aliphatic heterocycles. The van der Waals surface area contributed by atoms with Gasteiger partial charge in [-0.1, -0.05) is 12.7 Å². The van der Waals surface area contributed by atoms with Crippen LogP contribution in [0, 0.1) is 0 Å². The minimum Gasteiger partial charge on any atom is -0.497 e. The zero-order chi connectivity index (χ0) is 11.5. The van der Waals surface area contributed by atoms with Crippen LogP contribution in [0.15, 0.2) is 24.8 Å². The largest absolute Gasteiger partial charge is 0.497 e. The molecule has 1 heterocycles. The minimum atomic E-state index is -0.336. The molecule has 0 amide bonds. The number of carbonyl (C=O) groups excluding carboxylic acids is 1. The quantitative estimate of drug-likeness (QED) is 0.574. The molecule has 0 atom stereocenters. The molecule has 0 spiro atoms. The Bertz CT molecular complexity index is 437. The minimum absolute atomic E-state index is 0.255. The fourth-order valence-electron chi connectivity index (χ4n) is 1.56. The summed E-state index contributed by atoms with van der Waals surface area (Å²) in [4.78, 5) is 11.4. The van der Waals surface area contributed by atoms with Gasteiger partial charge < -0.3 is 14.2 Å². The number of benzene rings is 1. The fraction of sp³-hybridized carbons (Fsp3) is 0.250. The zero-order valence-corrected chi connectivity index (χ0v) is 8.99. The summed E-state index contributed by atoms with van der Waals surface area (Å²) < 4.78 is 15.5. The van der Waals surface area contributed by atoms with Crippen molar-refractivity contribution in [3.8, 4) is 11.5 Å². The number of esters is 1. The highest BCUT2D eigenvalue weighted by atomic mass is 16.5. The van der Waals surface area contributed by atoms with Crippen molar-refractivity contribution in [2.24, 2.45) is 0 Å². The van der Waals surface area contributed by atoms with E-state index in [-0.39, 0.29) is 12.6 Å². The molecule has 0 radical (unpaired) electrons. The molecule has 4 nitrogen and oxygen atoms in total. The van der Waals surface area contributed by atoms with E-state index in [1.54, 1.807) is 25.3 Å². The molecule has 0 aliphatic carbocycles. The van der Waals surface area contributed by atoms with Crippen LogP contribution in [0.5, 0.6) is 11.5 Å². The van der Waals surface area contributed by atoms with Crippen molar-refractivity contribution in [2.45, 2.75) is 6.61 Å². The average molecular weight is 220 g/mol. The Kier molecular flexibility index (Phi) is 2.81. The maximum Gasteiger partial charge on any atom is 0.339 e. The molecule has 16 heavy (non-hydrogen) atoms. The van der Waals surface area contributed by atoms with Crippen molar-refractivity contribution in [1.82, 2.24) is 0 Å². The molecular weight excluding hydrogens is 208 g/mol. The van der Waals surface area contributed by atoms with Crippen molar-refractivity contribution in [1.29, 1.82) is 0 Å². The Hall–Kier alpha value is -1.97. The van der Waals surface area contributed by atoms with Gasteiger partial charge in [0, 0.05) is 11.6 Å². The van der Waals surface area contributed by atoms with E-state index in [4.69, 9.17) is 14.2 Å². The summed E-state index contributed by atoms with van der Waals surface area (Å²) in [5, 5.41) is 0. The summed E-state index contributed by atoms with van der Waals surface area (Å²) in [7, 11) is 1.54. The number of rotatable bonds is 4. The number of cyclic esters (lactones) is 1. The summed E-state index contributed by atoms with van der Waals surface area (Å²) in [6, 6.07) is 3.40. The van der Waals surface area contributed by atoms with Crippen LogP contribution >= 0.6 is 0 Å². The number of fused-ring (bicyclic) bond motifs is 1. The maximum absolute atomic E-state index is 11.4. The highest BCUT2D eigenvalue weighted by Crippen LogP contribution is 2.33. The Balaban J connectivity index is 2.42. The van der Waals surface area contributed by atoms with E-state index in [0.717, 1.165) is 5.56 Å². The number of methoxy groups -OCH3 is 1. The fourth-order valence-corrected chi connectivity index (χ4v) is 1.56. The lowest BCUT2D eigenvalue weighted by Crippen LogP contribution is -1.99. The van der Waals surface area contributed by atoms with Crippen LogP contribution in [0.1, 0.15) is 15.9 Å². The highest BCUT2D eigenvalue weighted by molar-refractivity contribution is 5.94. The van der Waals surface area contributed by atoms with Crippen molar-refractivity contribution in [3.63, 3.8) is 0 Å². The first kappa shape index (κ1) is 10.5. The Morgan fingerprint density at radius 2 is 2.38 bits per heavy atom. The third-order valence-electron chi connectivity index (χ3n) is 2.34. The van der Waals surface area contributed by atoms with Gasteiger partial charge in [-0.25, -0.2) is 4.79 Å². The second-order valence-electron chi connectivity index (χ2n) is 3.33. The van der Waals surface area contributed by atoms with Crippen LogP contribution in [0.25, 0.3) is 0 Å². The average Bonchev–Trinajstić information content (AvgIpc) is 2.68. The lowest BCUT2D eigenvalue weighted by atomic mass is 10.1. The first-order valence-corrected chi connectivity index (χ1v) is 4.88. The predicted octanol–water partition coefficient (Wildman–Crippen LogP) is 1.93. The first-order valence-electron chi connectivity index (χ1n) is 4.88. The van der Waals surface area contributed by atoms with Gasteiger partial charge in [-0.15, -0.1) is 0 Å². The monoisotopic (exact) mass is 220 g/mol. The number of ether oxygens (including phenoxy) is 3. The second-order valence-corrected chi connectivity index (χ2v) is 3.33. The van der Waals surface area contributed by atoms with Gasteiger partial charge in [0.25, 0.3) is 0 Å². The van der Waals surface area contributed by atoms with E-state index in [9.17, 15) is 4.79 Å². The van der Waals surface area contributed by atoms with Gasteiger partial charge >= 0.3 is 5.97 Å². The summed E-state index contributed by atoms with van der Waals surface area (Å²) in [5.74, 6) is 0.856. The lowest BCUT2D eigenvalue weighted by molar-refractivity contribution is 0.0534. The van der Waals surface area contributed by atoms with Gasteiger partial charge in [0.05, 0.1) is 12.7 Å². The molecule has 0 unspecified atom stereocenters. The molecule has 0 aromatic heterocycles. The third-order valence-corrected chi connectivity index (χ3v) is 2.34. The van der Waals surface area contributed by atoms with Crippen LogP contribution in [-0.4, -0.2) is 19.7 Å². The summed E-state index contributed by atoms with van der Waals surface area (Å²) >= 11 is 0. The predicted molar refractivity (Wildman–Crippen MR) is 57.8 cm³/mol. The molecule has 1 aromatic rings. The molecular formula is C12H12O4. The second kappa shape index (κ2) is 4.26. The number of carbonyl (C=O) groups is 1. The molecule has 1 aliphatic rings. The van der Waals surface area contributed by atoms with Crippen LogP contribution in [0.3, 0.4) is 0 Å². The molecule has 2 rings (SSSR count). The lowest BCUT2D eigenvalue weighted by Gasteiger charge is -2.09.